The first-order chi connectivity index (χ1) is 12.4. The van der Waals surface area contributed by atoms with Crippen LogP contribution in [0.15, 0.2) is 29.1 Å². The molecule has 1 aromatic heterocycles. The Morgan fingerprint density at radius 2 is 1.73 bits per heavy atom. The van der Waals surface area contributed by atoms with Crippen molar-refractivity contribution in [1.82, 2.24) is 9.55 Å². The molecule has 0 aliphatic rings. The van der Waals surface area contributed by atoms with Gasteiger partial charge in [0.1, 0.15) is 5.52 Å². The van der Waals surface area contributed by atoms with Gasteiger partial charge >= 0.3 is 0 Å². The molecule has 0 aliphatic carbocycles. The van der Waals surface area contributed by atoms with Crippen molar-refractivity contribution < 1.29 is 14.2 Å². The molecule has 1 N–H and O–H groups in total. The second kappa shape index (κ2) is 7.19. The second-order valence-electron chi connectivity index (χ2n) is 5.23. The lowest BCUT2D eigenvalue weighted by atomic mass is 10.2. The van der Waals surface area contributed by atoms with Crippen molar-refractivity contribution in [2.45, 2.75) is 0 Å². The second-order valence-corrected chi connectivity index (χ2v) is 6.46. The number of fused-ring (bicyclic) bond motifs is 1. The summed E-state index contributed by atoms with van der Waals surface area (Å²) < 4.78 is 17.5. The molecule has 3 aromatic rings. The van der Waals surface area contributed by atoms with Crippen molar-refractivity contribution in [3.63, 3.8) is 0 Å². The van der Waals surface area contributed by atoms with E-state index in [4.69, 9.17) is 49.6 Å². The maximum atomic E-state index is 13.2. The number of H-pyrrole nitrogens is 1. The van der Waals surface area contributed by atoms with Gasteiger partial charge in [0.15, 0.2) is 16.3 Å². The summed E-state index contributed by atoms with van der Waals surface area (Å²) in [7, 11) is 4.42. The quantitative estimate of drug-likeness (QED) is 0.643. The average molecular weight is 413 g/mol. The lowest BCUT2D eigenvalue weighted by molar-refractivity contribution is 0.326. The summed E-state index contributed by atoms with van der Waals surface area (Å²) in [5.41, 5.74) is 0.437. The molecule has 0 atom stereocenters. The number of aromatic amines is 1. The fourth-order valence-electron chi connectivity index (χ4n) is 2.71. The van der Waals surface area contributed by atoms with Gasteiger partial charge in [-0.05, 0) is 36.5 Å². The highest BCUT2D eigenvalue weighted by Crippen LogP contribution is 2.41. The zero-order chi connectivity index (χ0) is 19.0. The van der Waals surface area contributed by atoms with E-state index < -0.39 is 0 Å². The molecule has 0 fully saturated rings. The zero-order valence-electron chi connectivity index (χ0n) is 14.1. The molecule has 26 heavy (non-hydrogen) atoms. The third-order valence-electron chi connectivity index (χ3n) is 3.85. The van der Waals surface area contributed by atoms with Crippen molar-refractivity contribution >= 4 is 46.3 Å². The Morgan fingerprint density at radius 1 is 1.04 bits per heavy atom. The standard InChI is InChI=1S/C17H14Cl2N2O4S/c1-23-12-7-9-13(15(25-3)14(12)24-2)20-17(26)21(16(9)22)11-5-4-8(18)6-10(11)19/h4-7H,1-3H3,(H,20,26). The van der Waals surface area contributed by atoms with E-state index in [1.54, 1.807) is 24.3 Å². The van der Waals surface area contributed by atoms with E-state index in [9.17, 15) is 4.79 Å². The molecule has 0 aliphatic heterocycles. The van der Waals surface area contributed by atoms with E-state index in [-0.39, 0.29) is 10.3 Å². The predicted octanol–water partition coefficient (Wildman–Crippen LogP) is 4.38. The largest absolute Gasteiger partial charge is 0.493 e. The van der Waals surface area contributed by atoms with Crippen LogP contribution in [0.3, 0.4) is 0 Å². The highest BCUT2D eigenvalue weighted by Gasteiger charge is 2.20. The summed E-state index contributed by atoms with van der Waals surface area (Å²) in [5.74, 6) is 1.03. The van der Waals surface area contributed by atoms with Crippen LogP contribution in [0.2, 0.25) is 10.0 Å². The lowest BCUT2D eigenvalue weighted by Crippen LogP contribution is -2.21. The highest BCUT2D eigenvalue weighted by atomic mass is 35.5. The molecular formula is C17H14Cl2N2O4S. The van der Waals surface area contributed by atoms with Gasteiger partial charge in [-0.15, -0.1) is 0 Å². The number of nitrogens with zero attached hydrogens (tertiary/aromatic N) is 1. The Bertz CT molecular complexity index is 1120. The fraction of sp³-hybridized carbons (Fsp3) is 0.176. The number of rotatable bonds is 4. The number of halogens is 2. The number of ether oxygens (including phenoxy) is 3. The lowest BCUT2D eigenvalue weighted by Gasteiger charge is -2.16. The van der Waals surface area contributed by atoms with Crippen LogP contribution in [0.5, 0.6) is 17.2 Å². The summed E-state index contributed by atoms with van der Waals surface area (Å²) in [6, 6.07) is 6.35. The van der Waals surface area contributed by atoms with Gasteiger partial charge in [-0.1, -0.05) is 23.2 Å². The number of nitrogens with one attached hydrogen (secondary N) is 1. The normalized spacial score (nSPS) is 10.8. The van der Waals surface area contributed by atoms with Crippen LogP contribution in [-0.2, 0) is 0 Å². The van der Waals surface area contributed by atoms with E-state index in [0.29, 0.717) is 43.9 Å². The summed E-state index contributed by atoms with van der Waals surface area (Å²) in [6.07, 6.45) is 0. The number of methoxy groups -OCH3 is 3. The van der Waals surface area contributed by atoms with Crippen LogP contribution in [-0.4, -0.2) is 30.9 Å². The molecule has 3 rings (SSSR count). The number of benzene rings is 2. The molecule has 0 bridgehead atoms. The Labute approximate surface area is 163 Å². The molecule has 0 spiro atoms. The van der Waals surface area contributed by atoms with Crippen molar-refractivity contribution in [2.75, 3.05) is 21.3 Å². The molecule has 0 amide bonds. The maximum Gasteiger partial charge on any atom is 0.267 e. The van der Waals surface area contributed by atoms with Crippen LogP contribution in [0, 0.1) is 4.77 Å². The SMILES string of the molecule is COc1cc2c(=O)n(-c3ccc(Cl)cc3Cl)c(=S)[nH]c2c(OC)c1OC. The molecule has 0 saturated heterocycles. The summed E-state index contributed by atoms with van der Waals surface area (Å²) in [5, 5.41) is 1.06. The van der Waals surface area contributed by atoms with Gasteiger partial charge in [-0.3, -0.25) is 9.36 Å². The topological polar surface area (TPSA) is 65.5 Å². The van der Waals surface area contributed by atoms with Crippen molar-refractivity contribution in [3.8, 4) is 22.9 Å². The number of hydrogen-bond acceptors (Lipinski definition) is 5. The van der Waals surface area contributed by atoms with E-state index in [0.717, 1.165) is 0 Å². The van der Waals surface area contributed by atoms with E-state index in [1.165, 1.54) is 25.9 Å². The van der Waals surface area contributed by atoms with E-state index in [2.05, 4.69) is 4.98 Å². The molecule has 0 radical (unpaired) electrons. The van der Waals surface area contributed by atoms with Crippen LogP contribution >= 0.6 is 35.4 Å². The summed E-state index contributed by atoms with van der Waals surface area (Å²) >= 11 is 17.6. The highest BCUT2D eigenvalue weighted by molar-refractivity contribution is 7.71. The molecule has 9 heteroatoms. The predicted molar refractivity (Wildman–Crippen MR) is 104 cm³/mol. The third-order valence-corrected chi connectivity index (χ3v) is 4.67. The molecule has 0 unspecified atom stereocenters. The van der Waals surface area contributed by atoms with Crippen LogP contribution in [0.1, 0.15) is 0 Å². The van der Waals surface area contributed by atoms with E-state index >= 15 is 0 Å². The van der Waals surface area contributed by atoms with Crippen LogP contribution in [0.4, 0.5) is 0 Å². The minimum Gasteiger partial charge on any atom is -0.493 e. The van der Waals surface area contributed by atoms with Gasteiger partial charge in [0, 0.05) is 5.02 Å². The van der Waals surface area contributed by atoms with Crippen LogP contribution < -0.4 is 19.8 Å². The molecule has 1 heterocycles. The third kappa shape index (κ3) is 2.92. The number of hydrogen-bond donors (Lipinski definition) is 1. The van der Waals surface area contributed by atoms with Gasteiger partial charge in [0.05, 0.1) is 37.4 Å². The summed E-state index contributed by atoms with van der Waals surface area (Å²) in [4.78, 5) is 16.2. The Balaban J connectivity index is 2.46. The molecule has 0 saturated carbocycles. The molecular weight excluding hydrogens is 399 g/mol. The zero-order valence-corrected chi connectivity index (χ0v) is 16.4. The van der Waals surface area contributed by atoms with Gasteiger partial charge in [0.2, 0.25) is 5.75 Å². The average Bonchev–Trinajstić information content (AvgIpc) is 2.61. The van der Waals surface area contributed by atoms with Crippen molar-refractivity contribution in [1.29, 1.82) is 0 Å². The molecule has 6 nitrogen and oxygen atoms in total. The molecule has 2 aromatic carbocycles. The van der Waals surface area contributed by atoms with E-state index in [1.807, 2.05) is 0 Å². The van der Waals surface area contributed by atoms with Gasteiger partial charge in [0.25, 0.3) is 5.56 Å². The molecule has 136 valence electrons. The van der Waals surface area contributed by atoms with Gasteiger partial charge in [-0.25, -0.2) is 0 Å². The Morgan fingerprint density at radius 3 is 2.31 bits per heavy atom. The monoisotopic (exact) mass is 412 g/mol. The number of aromatic nitrogens is 2. The minimum absolute atomic E-state index is 0.150. The van der Waals surface area contributed by atoms with Crippen LogP contribution in [0.25, 0.3) is 16.6 Å². The van der Waals surface area contributed by atoms with Crippen molar-refractivity contribution in [2.24, 2.45) is 0 Å². The fourth-order valence-corrected chi connectivity index (χ4v) is 3.48. The first kappa shape index (κ1) is 18.6. The summed E-state index contributed by atoms with van der Waals surface area (Å²) in [6.45, 7) is 0. The smallest absolute Gasteiger partial charge is 0.267 e. The Kier molecular flexibility index (Phi) is 5.13. The Hall–Kier alpha value is -2.22. The first-order valence-corrected chi connectivity index (χ1v) is 8.52. The first-order valence-electron chi connectivity index (χ1n) is 7.36. The van der Waals surface area contributed by atoms with Gasteiger partial charge in [-0.2, -0.15) is 0 Å². The minimum atomic E-state index is -0.382. The van der Waals surface area contributed by atoms with Gasteiger partial charge < -0.3 is 19.2 Å². The van der Waals surface area contributed by atoms with Crippen molar-refractivity contribution in [3.05, 3.63) is 49.4 Å². The maximum absolute atomic E-state index is 13.2.